The van der Waals surface area contributed by atoms with E-state index < -0.39 is 11.7 Å². The summed E-state index contributed by atoms with van der Waals surface area (Å²) in [5.41, 5.74) is 0.913. The van der Waals surface area contributed by atoms with Crippen LogP contribution in [-0.4, -0.2) is 58.0 Å². The van der Waals surface area contributed by atoms with Crippen molar-refractivity contribution in [1.29, 1.82) is 5.26 Å². The van der Waals surface area contributed by atoms with E-state index in [2.05, 4.69) is 31.2 Å². The number of benzene rings is 1. The molecule has 2 aliphatic rings. The largest absolute Gasteiger partial charge is 0.354 e. The molecule has 1 N–H and O–H groups in total. The van der Waals surface area contributed by atoms with Gasteiger partial charge in [-0.05, 0) is 18.2 Å². The van der Waals surface area contributed by atoms with Gasteiger partial charge in [0, 0.05) is 51.0 Å². The highest BCUT2D eigenvalue weighted by Gasteiger charge is 2.47. The molecule has 2 aliphatic heterocycles. The van der Waals surface area contributed by atoms with E-state index in [4.69, 9.17) is 9.98 Å². The third kappa shape index (κ3) is 3.20. The van der Waals surface area contributed by atoms with Crippen LogP contribution in [0.4, 0.5) is 5.82 Å². The van der Waals surface area contributed by atoms with Crippen LogP contribution in [0.3, 0.4) is 0 Å². The Morgan fingerprint density at radius 1 is 1.17 bits per heavy atom. The standard InChI is InChI=1S/C21H20N8S/c22-14-16(20-27-17-4-1-2-5-18(17)30-20)21(25-6-3-7-26-21)29-12-10-28(11-13-29)19-15-23-8-9-24-19/h1-9,15-16,25H,10-13H2. The van der Waals surface area contributed by atoms with E-state index in [0.29, 0.717) is 0 Å². The van der Waals surface area contributed by atoms with Gasteiger partial charge in [-0.25, -0.2) is 15.0 Å². The Bertz CT molecular complexity index is 1090. The second-order valence-corrected chi connectivity index (χ2v) is 8.19. The Labute approximate surface area is 178 Å². The number of nitriles is 1. The molecule has 0 bridgehead atoms. The number of aliphatic imine (C=N–C) groups is 1. The van der Waals surface area contributed by atoms with Crippen molar-refractivity contribution in [1.82, 2.24) is 25.2 Å². The lowest BCUT2D eigenvalue weighted by Gasteiger charge is -2.47. The van der Waals surface area contributed by atoms with Gasteiger partial charge in [0.05, 0.1) is 22.5 Å². The SMILES string of the molecule is N#CC(c1nc2ccccc2s1)C1(N2CCN(c3cnccn3)CC2)N=CC=CN1. The molecule has 0 aliphatic carbocycles. The lowest BCUT2D eigenvalue weighted by molar-refractivity contribution is 0.0559. The number of aromatic nitrogens is 3. The van der Waals surface area contributed by atoms with Crippen LogP contribution in [0.2, 0.25) is 0 Å². The number of nitrogens with zero attached hydrogens (tertiary/aromatic N) is 7. The molecule has 8 nitrogen and oxygen atoms in total. The maximum atomic E-state index is 10.2. The molecule has 1 fully saturated rings. The Morgan fingerprint density at radius 2 is 2.03 bits per heavy atom. The van der Waals surface area contributed by atoms with E-state index in [-0.39, 0.29) is 0 Å². The summed E-state index contributed by atoms with van der Waals surface area (Å²) in [5, 5.41) is 14.4. The van der Waals surface area contributed by atoms with E-state index in [1.807, 2.05) is 36.5 Å². The number of para-hydroxylation sites is 1. The van der Waals surface area contributed by atoms with Crippen molar-refractivity contribution in [3.8, 4) is 6.07 Å². The third-order valence-corrected chi connectivity index (χ3v) is 6.58. The molecule has 2 aromatic heterocycles. The zero-order valence-corrected chi connectivity index (χ0v) is 17.0. The van der Waals surface area contributed by atoms with Gasteiger partial charge in [-0.2, -0.15) is 5.26 Å². The number of hydrogen-bond donors (Lipinski definition) is 1. The van der Waals surface area contributed by atoms with Gasteiger partial charge in [-0.3, -0.25) is 9.88 Å². The first kappa shape index (κ1) is 18.7. The molecule has 1 saturated heterocycles. The molecule has 9 heteroatoms. The van der Waals surface area contributed by atoms with Crippen LogP contribution in [0.15, 0.2) is 60.1 Å². The molecule has 2 atom stereocenters. The number of allylic oxidation sites excluding steroid dienone is 1. The van der Waals surface area contributed by atoms with Crippen LogP contribution < -0.4 is 10.2 Å². The number of nitrogens with one attached hydrogen (secondary N) is 1. The summed E-state index contributed by atoms with van der Waals surface area (Å²) in [5.74, 6) is -0.556. The molecule has 30 heavy (non-hydrogen) atoms. The number of piperazine rings is 1. The first-order valence-electron chi connectivity index (χ1n) is 9.79. The van der Waals surface area contributed by atoms with Gasteiger partial charge in [-0.1, -0.05) is 12.1 Å². The molecule has 0 spiro atoms. The maximum absolute atomic E-state index is 10.2. The van der Waals surface area contributed by atoms with Crippen LogP contribution in [0.5, 0.6) is 0 Å². The number of hydrogen-bond acceptors (Lipinski definition) is 9. The van der Waals surface area contributed by atoms with Gasteiger partial charge < -0.3 is 10.2 Å². The lowest BCUT2D eigenvalue weighted by atomic mass is 9.99. The van der Waals surface area contributed by atoms with Crippen molar-refractivity contribution in [3.05, 3.63) is 60.1 Å². The Kier molecular flexibility index (Phi) is 4.86. The Hall–Kier alpha value is -3.35. The summed E-state index contributed by atoms with van der Waals surface area (Å²) in [6.45, 7) is 3.02. The van der Waals surface area contributed by atoms with Crippen LogP contribution in [0.25, 0.3) is 10.2 Å². The fourth-order valence-electron chi connectivity index (χ4n) is 3.98. The summed E-state index contributed by atoms with van der Waals surface area (Å²) < 4.78 is 1.07. The monoisotopic (exact) mass is 416 g/mol. The van der Waals surface area contributed by atoms with Crippen molar-refractivity contribution < 1.29 is 0 Å². The van der Waals surface area contributed by atoms with Gasteiger partial charge >= 0.3 is 0 Å². The maximum Gasteiger partial charge on any atom is 0.209 e. The van der Waals surface area contributed by atoms with Crippen LogP contribution in [0.1, 0.15) is 10.9 Å². The van der Waals surface area contributed by atoms with Gasteiger partial charge in [0.25, 0.3) is 0 Å². The van der Waals surface area contributed by atoms with Gasteiger partial charge in [-0.15, -0.1) is 11.3 Å². The highest BCUT2D eigenvalue weighted by Crippen LogP contribution is 2.38. The van der Waals surface area contributed by atoms with Gasteiger partial charge in [0.15, 0.2) is 5.92 Å². The summed E-state index contributed by atoms with van der Waals surface area (Å²) in [6, 6.07) is 10.5. The summed E-state index contributed by atoms with van der Waals surface area (Å²) in [6.07, 6.45) is 10.6. The van der Waals surface area contributed by atoms with Crippen molar-refractivity contribution in [2.45, 2.75) is 11.7 Å². The highest BCUT2D eigenvalue weighted by molar-refractivity contribution is 7.18. The third-order valence-electron chi connectivity index (χ3n) is 5.47. The summed E-state index contributed by atoms with van der Waals surface area (Å²) in [7, 11) is 0. The molecule has 0 amide bonds. The molecule has 5 rings (SSSR count). The van der Waals surface area contributed by atoms with E-state index in [1.165, 1.54) is 0 Å². The number of anilines is 1. The molecule has 2 unspecified atom stereocenters. The number of thiazole rings is 1. The van der Waals surface area contributed by atoms with Crippen molar-refractivity contribution in [2.24, 2.45) is 4.99 Å². The molecule has 0 radical (unpaired) electrons. The minimum Gasteiger partial charge on any atom is -0.354 e. The molecule has 3 aromatic rings. The van der Waals surface area contributed by atoms with E-state index in [0.717, 1.165) is 47.2 Å². The molecule has 1 aromatic carbocycles. The zero-order valence-electron chi connectivity index (χ0n) is 16.2. The highest BCUT2D eigenvalue weighted by atomic mass is 32.1. The quantitative estimate of drug-likeness (QED) is 0.698. The Morgan fingerprint density at radius 3 is 2.73 bits per heavy atom. The normalized spacial score (nSPS) is 22.6. The fraction of sp³-hybridized carbons (Fsp3) is 0.286. The molecular weight excluding hydrogens is 396 g/mol. The first-order chi connectivity index (χ1) is 14.8. The zero-order chi connectivity index (χ0) is 20.4. The average molecular weight is 417 g/mol. The number of rotatable bonds is 4. The Balaban J connectivity index is 1.45. The number of fused-ring (bicyclic) bond motifs is 1. The molecular formula is C21H20N8S. The van der Waals surface area contributed by atoms with Crippen molar-refractivity contribution >= 4 is 33.6 Å². The van der Waals surface area contributed by atoms with Crippen LogP contribution in [-0.2, 0) is 0 Å². The summed E-state index contributed by atoms with van der Waals surface area (Å²) in [4.78, 5) is 22.6. The van der Waals surface area contributed by atoms with E-state index >= 15 is 0 Å². The van der Waals surface area contributed by atoms with E-state index in [9.17, 15) is 5.26 Å². The second-order valence-electron chi connectivity index (χ2n) is 7.13. The molecule has 0 saturated carbocycles. The lowest BCUT2D eigenvalue weighted by Crippen LogP contribution is -2.65. The topological polar surface area (TPSA) is 93.3 Å². The predicted molar refractivity (Wildman–Crippen MR) is 117 cm³/mol. The minimum absolute atomic E-state index is 0.542. The summed E-state index contributed by atoms with van der Waals surface area (Å²) >= 11 is 1.56. The van der Waals surface area contributed by atoms with Crippen molar-refractivity contribution in [2.75, 3.05) is 31.1 Å². The predicted octanol–water partition coefficient (Wildman–Crippen LogP) is 2.36. The van der Waals surface area contributed by atoms with E-state index in [1.54, 1.807) is 36.1 Å². The van der Waals surface area contributed by atoms with Gasteiger partial charge in [0.2, 0.25) is 5.79 Å². The molecule has 150 valence electrons. The minimum atomic E-state index is -0.883. The van der Waals surface area contributed by atoms with Crippen LogP contribution in [0, 0.1) is 11.3 Å². The van der Waals surface area contributed by atoms with Crippen LogP contribution >= 0.6 is 11.3 Å². The molecule has 4 heterocycles. The van der Waals surface area contributed by atoms with Gasteiger partial charge in [0.1, 0.15) is 10.8 Å². The fourth-order valence-corrected chi connectivity index (χ4v) is 5.05. The smallest absolute Gasteiger partial charge is 0.209 e. The second kappa shape index (κ2) is 7.82. The average Bonchev–Trinajstić information content (AvgIpc) is 3.24. The van der Waals surface area contributed by atoms with Crippen molar-refractivity contribution in [3.63, 3.8) is 0 Å². The first-order valence-corrected chi connectivity index (χ1v) is 10.6.